The molecule has 0 aliphatic carbocycles. The molecule has 0 fully saturated rings. The molecule has 20 heavy (non-hydrogen) atoms. The fraction of sp³-hybridized carbons (Fsp3) is 0.154. The SMILES string of the molecule is Cc1cccc2nc(CNc3snc(Cl)c3C#N)cn12. The largest absolute Gasteiger partial charge is 0.369 e. The van der Waals surface area contributed by atoms with Crippen LogP contribution in [-0.4, -0.2) is 13.8 Å². The first kappa shape index (κ1) is 12.9. The van der Waals surface area contributed by atoms with Gasteiger partial charge in [0.25, 0.3) is 0 Å². The molecule has 3 aromatic rings. The lowest BCUT2D eigenvalue weighted by molar-refractivity contribution is 1.07. The molecule has 0 saturated carbocycles. The van der Waals surface area contributed by atoms with E-state index in [0.29, 0.717) is 17.1 Å². The van der Waals surface area contributed by atoms with Gasteiger partial charge in [-0.05, 0) is 30.6 Å². The second-order valence-corrected chi connectivity index (χ2v) is 5.40. The Morgan fingerprint density at radius 1 is 1.50 bits per heavy atom. The summed E-state index contributed by atoms with van der Waals surface area (Å²) in [6.07, 6.45) is 1.98. The summed E-state index contributed by atoms with van der Waals surface area (Å²) in [5, 5.41) is 13.1. The van der Waals surface area contributed by atoms with Crippen molar-refractivity contribution in [3.63, 3.8) is 0 Å². The predicted octanol–water partition coefficient (Wildman–Crippen LogP) is 3.24. The standard InChI is InChI=1S/C13H10ClN5S/c1-8-3-2-4-11-17-9(7-19(8)11)6-16-13-10(5-15)12(14)18-20-13/h2-4,7,16H,6H2,1H3. The molecule has 3 aromatic heterocycles. The van der Waals surface area contributed by atoms with E-state index in [1.807, 2.05) is 41.8 Å². The van der Waals surface area contributed by atoms with Gasteiger partial charge < -0.3 is 9.72 Å². The van der Waals surface area contributed by atoms with E-state index < -0.39 is 0 Å². The van der Waals surface area contributed by atoms with E-state index in [1.165, 1.54) is 11.5 Å². The fourth-order valence-electron chi connectivity index (χ4n) is 1.94. The average Bonchev–Trinajstić information content (AvgIpc) is 3.00. The van der Waals surface area contributed by atoms with Crippen LogP contribution in [0.5, 0.6) is 0 Å². The van der Waals surface area contributed by atoms with E-state index >= 15 is 0 Å². The van der Waals surface area contributed by atoms with Gasteiger partial charge in [-0.2, -0.15) is 9.64 Å². The maximum Gasteiger partial charge on any atom is 0.162 e. The molecule has 0 spiro atoms. The molecule has 0 unspecified atom stereocenters. The summed E-state index contributed by atoms with van der Waals surface area (Å²) in [6, 6.07) is 8.01. The molecule has 0 aliphatic rings. The number of anilines is 1. The summed E-state index contributed by atoms with van der Waals surface area (Å²) < 4.78 is 5.98. The maximum absolute atomic E-state index is 9.01. The Labute approximate surface area is 124 Å². The molecule has 3 heterocycles. The first-order valence-corrected chi connectivity index (χ1v) is 7.07. The number of nitrogens with one attached hydrogen (secondary N) is 1. The summed E-state index contributed by atoms with van der Waals surface area (Å²) in [4.78, 5) is 4.52. The van der Waals surface area contributed by atoms with Gasteiger partial charge in [0.05, 0.1) is 12.2 Å². The Hall–Kier alpha value is -2.10. The number of nitrogens with zero attached hydrogens (tertiary/aromatic N) is 4. The van der Waals surface area contributed by atoms with Gasteiger partial charge in [0, 0.05) is 11.9 Å². The third-order valence-corrected chi connectivity index (χ3v) is 4.12. The van der Waals surface area contributed by atoms with E-state index in [2.05, 4.69) is 14.7 Å². The summed E-state index contributed by atoms with van der Waals surface area (Å²) in [7, 11) is 0. The smallest absolute Gasteiger partial charge is 0.162 e. The summed E-state index contributed by atoms with van der Waals surface area (Å²) in [5.74, 6) is 0. The molecule has 3 rings (SSSR count). The molecule has 0 aromatic carbocycles. The van der Waals surface area contributed by atoms with E-state index in [-0.39, 0.29) is 5.15 Å². The second-order valence-electron chi connectivity index (χ2n) is 4.27. The highest BCUT2D eigenvalue weighted by atomic mass is 35.5. The van der Waals surface area contributed by atoms with Gasteiger partial charge in [0.15, 0.2) is 5.15 Å². The predicted molar refractivity (Wildman–Crippen MR) is 79.1 cm³/mol. The zero-order valence-corrected chi connectivity index (χ0v) is 12.2. The number of halogens is 1. The average molecular weight is 304 g/mol. The maximum atomic E-state index is 9.01. The Morgan fingerprint density at radius 3 is 3.10 bits per heavy atom. The molecule has 100 valence electrons. The zero-order valence-electron chi connectivity index (χ0n) is 10.6. The van der Waals surface area contributed by atoms with Crippen molar-refractivity contribution in [1.82, 2.24) is 13.8 Å². The van der Waals surface area contributed by atoms with Crippen LogP contribution in [0.2, 0.25) is 5.15 Å². The van der Waals surface area contributed by atoms with Crippen LogP contribution in [0.1, 0.15) is 17.0 Å². The Morgan fingerprint density at radius 2 is 2.35 bits per heavy atom. The van der Waals surface area contributed by atoms with Crippen molar-refractivity contribution in [3.8, 4) is 6.07 Å². The molecule has 5 nitrogen and oxygen atoms in total. The van der Waals surface area contributed by atoms with Crippen LogP contribution in [0, 0.1) is 18.3 Å². The van der Waals surface area contributed by atoms with E-state index in [4.69, 9.17) is 16.9 Å². The Bertz CT molecular complexity index is 814. The minimum Gasteiger partial charge on any atom is -0.369 e. The van der Waals surface area contributed by atoms with E-state index in [1.54, 1.807) is 0 Å². The van der Waals surface area contributed by atoms with Crippen molar-refractivity contribution in [2.24, 2.45) is 0 Å². The van der Waals surface area contributed by atoms with Crippen LogP contribution in [0.15, 0.2) is 24.4 Å². The van der Waals surface area contributed by atoms with Gasteiger partial charge in [0.2, 0.25) is 0 Å². The number of nitriles is 1. The first-order chi connectivity index (χ1) is 9.69. The number of fused-ring (bicyclic) bond motifs is 1. The highest BCUT2D eigenvalue weighted by Gasteiger charge is 2.12. The van der Waals surface area contributed by atoms with Crippen molar-refractivity contribution in [2.45, 2.75) is 13.5 Å². The van der Waals surface area contributed by atoms with Gasteiger partial charge in [-0.15, -0.1) is 0 Å². The highest BCUT2D eigenvalue weighted by molar-refractivity contribution is 7.10. The molecule has 1 N–H and O–H groups in total. The number of hydrogen-bond acceptors (Lipinski definition) is 5. The van der Waals surface area contributed by atoms with Crippen molar-refractivity contribution in [2.75, 3.05) is 5.32 Å². The number of rotatable bonds is 3. The molecular weight excluding hydrogens is 294 g/mol. The van der Waals surface area contributed by atoms with Gasteiger partial charge in [-0.25, -0.2) is 4.98 Å². The fourth-order valence-corrected chi connectivity index (χ4v) is 2.87. The minimum absolute atomic E-state index is 0.242. The normalized spacial score (nSPS) is 10.7. The number of aryl methyl sites for hydroxylation is 1. The number of hydrogen-bond donors (Lipinski definition) is 1. The number of aromatic nitrogens is 3. The lowest BCUT2D eigenvalue weighted by Crippen LogP contribution is -1.99. The van der Waals surface area contributed by atoms with E-state index in [9.17, 15) is 0 Å². The summed E-state index contributed by atoms with van der Waals surface area (Å²) in [5.41, 5.74) is 3.31. The number of imidazole rings is 1. The molecule has 7 heteroatoms. The van der Waals surface area contributed by atoms with Crippen LogP contribution >= 0.6 is 23.1 Å². The van der Waals surface area contributed by atoms with Crippen LogP contribution in [0.3, 0.4) is 0 Å². The zero-order chi connectivity index (χ0) is 14.1. The molecular formula is C13H10ClN5S. The topological polar surface area (TPSA) is 66.0 Å². The van der Waals surface area contributed by atoms with Gasteiger partial charge in [-0.3, -0.25) is 0 Å². The monoisotopic (exact) mass is 303 g/mol. The van der Waals surface area contributed by atoms with Crippen molar-refractivity contribution in [1.29, 1.82) is 5.26 Å². The third-order valence-electron chi connectivity index (χ3n) is 2.94. The first-order valence-electron chi connectivity index (χ1n) is 5.92. The molecule has 0 radical (unpaired) electrons. The molecule has 0 atom stereocenters. The minimum atomic E-state index is 0.242. The lowest BCUT2D eigenvalue weighted by Gasteiger charge is -1.99. The van der Waals surface area contributed by atoms with Gasteiger partial charge >= 0.3 is 0 Å². The Kier molecular flexibility index (Phi) is 3.30. The van der Waals surface area contributed by atoms with Crippen LogP contribution in [0.4, 0.5) is 5.00 Å². The van der Waals surface area contributed by atoms with Gasteiger partial charge in [-0.1, -0.05) is 17.7 Å². The van der Waals surface area contributed by atoms with E-state index in [0.717, 1.165) is 17.0 Å². The summed E-state index contributed by atoms with van der Waals surface area (Å²) in [6.45, 7) is 2.55. The molecule has 0 bridgehead atoms. The highest BCUT2D eigenvalue weighted by Crippen LogP contribution is 2.27. The van der Waals surface area contributed by atoms with Crippen LogP contribution in [-0.2, 0) is 6.54 Å². The molecule has 0 aliphatic heterocycles. The third kappa shape index (κ3) is 2.22. The number of pyridine rings is 1. The Balaban J connectivity index is 1.84. The van der Waals surface area contributed by atoms with Crippen molar-refractivity contribution in [3.05, 3.63) is 46.5 Å². The second kappa shape index (κ2) is 5.12. The van der Waals surface area contributed by atoms with Crippen molar-refractivity contribution < 1.29 is 0 Å². The lowest BCUT2D eigenvalue weighted by atomic mass is 10.3. The van der Waals surface area contributed by atoms with Crippen LogP contribution in [0.25, 0.3) is 5.65 Å². The molecule has 0 amide bonds. The quantitative estimate of drug-likeness (QED) is 0.806. The van der Waals surface area contributed by atoms with Crippen molar-refractivity contribution >= 4 is 33.8 Å². The van der Waals surface area contributed by atoms with Crippen LogP contribution < -0.4 is 5.32 Å². The molecule has 0 saturated heterocycles. The van der Waals surface area contributed by atoms with Gasteiger partial charge in [0.1, 0.15) is 22.3 Å². The summed E-state index contributed by atoms with van der Waals surface area (Å²) >= 11 is 7.01.